The Morgan fingerprint density at radius 1 is 1.19 bits per heavy atom. The summed E-state index contributed by atoms with van der Waals surface area (Å²) in [6.07, 6.45) is 3.33. The van der Waals surface area contributed by atoms with E-state index in [1.165, 1.54) is 7.11 Å². The van der Waals surface area contributed by atoms with Crippen LogP contribution in [0.3, 0.4) is 0 Å². The zero-order valence-electron chi connectivity index (χ0n) is 16.6. The van der Waals surface area contributed by atoms with Crippen LogP contribution in [0.5, 0.6) is 0 Å². The first-order valence-electron chi connectivity index (χ1n) is 9.55. The fraction of sp³-hybridized carbons (Fsp3) is 0.619. The zero-order chi connectivity index (χ0) is 19.7. The van der Waals surface area contributed by atoms with Gasteiger partial charge in [-0.1, -0.05) is 12.1 Å². The molecule has 0 N–H and O–H groups in total. The number of benzene rings is 1. The van der Waals surface area contributed by atoms with E-state index in [0.717, 1.165) is 37.9 Å². The van der Waals surface area contributed by atoms with E-state index < -0.39 is 5.60 Å². The van der Waals surface area contributed by atoms with Crippen LogP contribution in [-0.4, -0.2) is 48.4 Å². The van der Waals surface area contributed by atoms with E-state index in [9.17, 15) is 9.59 Å². The van der Waals surface area contributed by atoms with Gasteiger partial charge in [0, 0.05) is 19.6 Å². The molecule has 0 bridgehead atoms. The molecule has 2 saturated heterocycles. The quantitative estimate of drug-likeness (QED) is 0.728. The van der Waals surface area contributed by atoms with E-state index >= 15 is 0 Å². The summed E-state index contributed by atoms with van der Waals surface area (Å²) in [6.45, 7) is 6.99. The van der Waals surface area contributed by atoms with Crippen LogP contribution in [0.25, 0.3) is 0 Å². The van der Waals surface area contributed by atoms with Gasteiger partial charge in [0.2, 0.25) is 0 Å². The Hall–Kier alpha value is -2.08. The number of amides is 1. The lowest BCUT2D eigenvalue weighted by Gasteiger charge is -2.44. The number of piperidine rings is 1. The summed E-state index contributed by atoms with van der Waals surface area (Å²) in [4.78, 5) is 26.3. The number of carbonyl (C=O) groups excluding carboxylic acids is 2. The minimum atomic E-state index is -0.546. The Kier molecular flexibility index (Phi) is 5.47. The highest BCUT2D eigenvalue weighted by atomic mass is 16.6. The average molecular weight is 375 g/mol. The smallest absolute Gasteiger partial charge is 0.410 e. The number of rotatable bonds is 2. The molecule has 1 aromatic rings. The Bertz CT molecular complexity index is 686. The van der Waals surface area contributed by atoms with Crippen LogP contribution < -0.4 is 0 Å². The molecule has 2 atom stereocenters. The van der Waals surface area contributed by atoms with Crippen LogP contribution >= 0.6 is 0 Å². The van der Waals surface area contributed by atoms with Crippen LogP contribution in [0.4, 0.5) is 4.79 Å². The zero-order valence-corrected chi connectivity index (χ0v) is 16.6. The number of nitrogens with zero attached hydrogens (tertiary/aromatic N) is 1. The van der Waals surface area contributed by atoms with Crippen molar-refractivity contribution in [3.05, 3.63) is 35.4 Å². The van der Waals surface area contributed by atoms with Gasteiger partial charge in [-0.25, -0.2) is 9.59 Å². The summed E-state index contributed by atoms with van der Waals surface area (Å²) in [5.41, 5.74) is 0.760. The summed E-state index contributed by atoms with van der Waals surface area (Å²) in [5.74, 6) is -0.371. The topological polar surface area (TPSA) is 65.1 Å². The second-order valence-corrected chi connectivity index (χ2v) is 8.39. The minimum absolute atomic E-state index is 0.140. The Morgan fingerprint density at radius 2 is 1.89 bits per heavy atom. The predicted molar refractivity (Wildman–Crippen MR) is 101 cm³/mol. The fourth-order valence-electron chi connectivity index (χ4n) is 3.95. The molecule has 6 nitrogen and oxygen atoms in total. The summed E-state index contributed by atoms with van der Waals surface area (Å²) < 4.78 is 16.5. The highest BCUT2D eigenvalue weighted by Crippen LogP contribution is 2.44. The van der Waals surface area contributed by atoms with Crippen molar-refractivity contribution in [3.8, 4) is 0 Å². The van der Waals surface area contributed by atoms with Gasteiger partial charge in [0.1, 0.15) is 5.60 Å². The van der Waals surface area contributed by atoms with Crippen molar-refractivity contribution in [1.82, 2.24) is 4.90 Å². The van der Waals surface area contributed by atoms with E-state index in [2.05, 4.69) is 0 Å². The van der Waals surface area contributed by atoms with Gasteiger partial charge in [-0.05, 0) is 57.7 Å². The second-order valence-electron chi connectivity index (χ2n) is 8.39. The van der Waals surface area contributed by atoms with E-state index in [0.29, 0.717) is 12.1 Å². The first-order valence-corrected chi connectivity index (χ1v) is 9.55. The number of methoxy groups -OCH3 is 1. The van der Waals surface area contributed by atoms with Crippen molar-refractivity contribution in [2.45, 2.75) is 63.7 Å². The first-order chi connectivity index (χ1) is 12.7. The number of ether oxygens (including phenoxy) is 3. The SMILES string of the molecule is COC(=O)c1ccc([C@@H]2CC3(CCCO3)CCN2C(=O)OC(C)(C)C)cc1. The van der Waals surface area contributed by atoms with Gasteiger partial charge in [-0.15, -0.1) is 0 Å². The molecular weight excluding hydrogens is 346 g/mol. The Labute approximate surface area is 160 Å². The van der Waals surface area contributed by atoms with E-state index in [-0.39, 0.29) is 23.7 Å². The highest BCUT2D eigenvalue weighted by molar-refractivity contribution is 5.89. The Balaban J connectivity index is 1.86. The summed E-state index contributed by atoms with van der Waals surface area (Å²) in [5, 5.41) is 0. The van der Waals surface area contributed by atoms with E-state index in [1.54, 1.807) is 17.0 Å². The van der Waals surface area contributed by atoms with Crippen molar-refractivity contribution in [3.63, 3.8) is 0 Å². The monoisotopic (exact) mass is 375 g/mol. The standard InChI is InChI=1S/C21H29NO5/c1-20(2,3)27-19(24)22-12-11-21(10-5-13-26-21)14-17(22)15-6-8-16(9-7-15)18(23)25-4/h6-9,17H,5,10-14H2,1-4H3/t17-,21?/m0/s1. The van der Waals surface area contributed by atoms with Crippen molar-refractivity contribution in [2.75, 3.05) is 20.3 Å². The maximum Gasteiger partial charge on any atom is 0.410 e. The van der Waals surface area contributed by atoms with E-state index in [4.69, 9.17) is 14.2 Å². The summed E-state index contributed by atoms with van der Waals surface area (Å²) in [6, 6.07) is 7.12. The Morgan fingerprint density at radius 3 is 2.44 bits per heavy atom. The van der Waals surface area contributed by atoms with Crippen LogP contribution in [0.1, 0.15) is 68.4 Å². The van der Waals surface area contributed by atoms with Gasteiger partial charge in [-0.2, -0.15) is 0 Å². The number of hydrogen-bond acceptors (Lipinski definition) is 5. The van der Waals surface area contributed by atoms with Gasteiger partial charge in [0.15, 0.2) is 0 Å². The molecule has 0 aliphatic carbocycles. The molecule has 27 heavy (non-hydrogen) atoms. The molecule has 2 aliphatic rings. The van der Waals surface area contributed by atoms with Crippen LogP contribution in [0, 0.1) is 0 Å². The fourth-order valence-corrected chi connectivity index (χ4v) is 3.95. The molecule has 2 heterocycles. The molecule has 6 heteroatoms. The van der Waals surface area contributed by atoms with Gasteiger partial charge >= 0.3 is 12.1 Å². The summed E-state index contributed by atoms with van der Waals surface area (Å²) >= 11 is 0. The third-order valence-electron chi connectivity index (χ3n) is 5.28. The first kappa shape index (κ1) is 19.7. The molecule has 0 radical (unpaired) electrons. The van der Waals surface area contributed by atoms with Gasteiger partial charge in [0.05, 0.1) is 24.3 Å². The lowest BCUT2D eigenvalue weighted by Crippen LogP contribution is -2.49. The number of esters is 1. The minimum Gasteiger partial charge on any atom is -0.465 e. The van der Waals surface area contributed by atoms with Crippen LogP contribution in [-0.2, 0) is 14.2 Å². The number of likely N-dealkylation sites (tertiary alicyclic amines) is 1. The van der Waals surface area contributed by atoms with Crippen molar-refractivity contribution in [1.29, 1.82) is 0 Å². The third-order valence-corrected chi connectivity index (χ3v) is 5.28. The van der Waals surface area contributed by atoms with Gasteiger partial charge in [0.25, 0.3) is 0 Å². The molecule has 1 amide bonds. The van der Waals surface area contributed by atoms with Crippen molar-refractivity contribution in [2.24, 2.45) is 0 Å². The molecule has 0 saturated carbocycles. The normalized spacial score (nSPS) is 25.5. The molecule has 2 aliphatic heterocycles. The molecule has 148 valence electrons. The third kappa shape index (κ3) is 4.43. The number of carbonyl (C=O) groups is 2. The average Bonchev–Trinajstić information content (AvgIpc) is 3.07. The van der Waals surface area contributed by atoms with Crippen molar-refractivity contribution >= 4 is 12.1 Å². The predicted octanol–water partition coefficient (Wildman–Crippen LogP) is 4.09. The molecule has 1 spiro atoms. The molecule has 1 aromatic carbocycles. The largest absolute Gasteiger partial charge is 0.465 e. The van der Waals surface area contributed by atoms with Crippen LogP contribution in [0.15, 0.2) is 24.3 Å². The van der Waals surface area contributed by atoms with E-state index in [1.807, 2.05) is 32.9 Å². The molecular formula is C21H29NO5. The lowest BCUT2D eigenvalue weighted by molar-refractivity contribution is -0.0689. The maximum atomic E-state index is 12.8. The molecule has 1 unspecified atom stereocenters. The maximum absolute atomic E-state index is 12.8. The second kappa shape index (κ2) is 7.50. The van der Waals surface area contributed by atoms with Crippen molar-refractivity contribution < 1.29 is 23.8 Å². The lowest BCUT2D eigenvalue weighted by atomic mass is 9.81. The van der Waals surface area contributed by atoms with Crippen LogP contribution in [0.2, 0.25) is 0 Å². The van der Waals surface area contributed by atoms with Gasteiger partial charge < -0.3 is 19.1 Å². The molecule has 3 rings (SSSR count). The molecule has 0 aromatic heterocycles. The highest BCUT2D eigenvalue weighted by Gasteiger charge is 2.45. The molecule has 2 fully saturated rings. The summed E-state index contributed by atoms with van der Waals surface area (Å²) in [7, 11) is 1.36. The van der Waals surface area contributed by atoms with Gasteiger partial charge in [-0.3, -0.25) is 0 Å². The number of hydrogen-bond donors (Lipinski definition) is 0.